The van der Waals surface area contributed by atoms with Crippen molar-refractivity contribution in [3.05, 3.63) is 18.0 Å². The van der Waals surface area contributed by atoms with Crippen molar-refractivity contribution in [1.82, 2.24) is 24.7 Å². The summed E-state index contributed by atoms with van der Waals surface area (Å²) in [5.74, 6) is 1.76. The Balaban J connectivity index is 1.44. The van der Waals surface area contributed by atoms with Crippen LogP contribution in [0.1, 0.15) is 31.0 Å². The van der Waals surface area contributed by atoms with Crippen molar-refractivity contribution < 1.29 is 18.3 Å². The number of aliphatic hydroxyl groups is 1. The van der Waals surface area contributed by atoms with Crippen LogP contribution in [-0.2, 0) is 0 Å². The summed E-state index contributed by atoms with van der Waals surface area (Å²) >= 11 is 0. The number of anilines is 1. The number of nitrogens with zero attached hydrogens (tertiary/aromatic N) is 6. The lowest BCUT2D eigenvalue weighted by molar-refractivity contribution is -0.208. The summed E-state index contributed by atoms with van der Waals surface area (Å²) in [5, 5.41) is 22.3. The summed E-state index contributed by atoms with van der Waals surface area (Å²) in [6.45, 7) is 2.58. The highest BCUT2D eigenvalue weighted by molar-refractivity contribution is 5.47. The van der Waals surface area contributed by atoms with Gasteiger partial charge in [-0.3, -0.25) is 0 Å². The summed E-state index contributed by atoms with van der Waals surface area (Å²) in [5.41, 5.74) is 0.680. The van der Waals surface area contributed by atoms with E-state index < -0.39 is 12.3 Å². The van der Waals surface area contributed by atoms with Crippen molar-refractivity contribution in [3.63, 3.8) is 0 Å². The molecule has 0 aromatic carbocycles. The van der Waals surface area contributed by atoms with Crippen LogP contribution in [0, 0.1) is 0 Å². The zero-order valence-corrected chi connectivity index (χ0v) is 14.2. The highest BCUT2D eigenvalue weighted by Crippen LogP contribution is 2.29. The molecular weight excluding hydrogens is 349 g/mol. The minimum atomic E-state index is -4.57. The number of fused-ring (bicyclic) bond motifs is 1. The van der Waals surface area contributed by atoms with E-state index in [1.165, 1.54) is 0 Å². The van der Waals surface area contributed by atoms with Crippen LogP contribution in [0.25, 0.3) is 5.65 Å². The summed E-state index contributed by atoms with van der Waals surface area (Å²) in [6, 6.07) is 3.83. The predicted octanol–water partition coefficient (Wildman–Crippen LogP) is 1.44. The van der Waals surface area contributed by atoms with E-state index in [4.69, 9.17) is 0 Å². The molecule has 2 aliphatic rings. The third-order valence-electron chi connectivity index (χ3n) is 5.21. The fourth-order valence-corrected chi connectivity index (χ4v) is 3.49. The lowest BCUT2D eigenvalue weighted by atomic mass is 9.96. The number of aromatic nitrogens is 4. The molecule has 0 amide bonds. The van der Waals surface area contributed by atoms with E-state index in [0.29, 0.717) is 31.6 Å². The molecule has 7 nitrogen and oxygen atoms in total. The first kappa shape index (κ1) is 17.5. The molecule has 2 aromatic heterocycles. The smallest absolute Gasteiger partial charge is 0.382 e. The molecule has 1 atom stereocenters. The molecule has 142 valence electrons. The molecule has 0 spiro atoms. The SMILES string of the molecule is OC(CN1CCC(c2nnc3ccc(N4CCC4)nn23)CC1)C(F)(F)F. The van der Waals surface area contributed by atoms with Gasteiger partial charge in [0.15, 0.2) is 17.6 Å². The molecule has 0 aliphatic carbocycles. The Morgan fingerprint density at radius 2 is 1.85 bits per heavy atom. The Bertz CT molecular complexity index is 767. The van der Waals surface area contributed by atoms with Crippen LogP contribution in [0.4, 0.5) is 19.0 Å². The van der Waals surface area contributed by atoms with E-state index in [2.05, 4.69) is 20.2 Å². The van der Waals surface area contributed by atoms with Gasteiger partial charge in [0, 0.05) is 25.6 Å². The van der Waals surface area contributed by atoms with Crippen LogP contribution < -0.4 is 4.90 Å². The fourth-order valence-electron chi connectivity index (χ4n) is 3.49. The second-order valence-electron chi connectivity index (χ2n) is 6.99. The van der Waals surface area contributed by atoms with Gasteiger partial charge in [-0.1, -0.05) is 0 Å². The monoisotopic (exact) mass is 370 g/mol. The molecule has 10 heteroatoms. The molecule has 0 saturated carbocycles. The van der Waals surface area contributed by atoms with E-state index in [1.54, 1.807) is 9.42 Å². The zero-order valence-electron chi connectivity index (χ0n) is 14.2. The predicted molar refractivity (Wildman–Crippen MR) is 88.1 cm³/mol. The first-order valence-corrected chi connectivity index (χ1v) is 8.86. The van der Waals surface area contributed by atoms with E-state index in [-0.39, 0.29) is 12.5 Å². The highest BCUT2D eigenvalue weighted by atomic mass is 19.4. The van der Waals surface area contributed by atoms with E-state index in [1.807, 2.05) is 12.1 Å². The van der Waals surface area contributed by atoms with Gasteiger partial charge in [-0.25, -0.2) is 0 Å². The molecule has 2 saturated heterocycles. The third-order valence-corrected chi connectivity index (χ3v) is 5.21. The largest absolute Gasteiger partial charge is 0.415 e. The van der Waals surface area contributed by atoms with Gasteiger partial charge in [-0.15, -0.1) is 15.3 Å². The maximum absolute atomic E-state index is 12.5. The van der Waals surface area contributed by atoms with E-state index >= 15 is 0 Å². The number of likely N-dealkylation sites (tertiary alicyclic amines) is 1. The van der Waals surface area contributed by atoms with Gasteiger partial charge in [0.25, 0.3) is 0 Å². The number of hydrogen-bond donors (Lipinski definition) is 1. The van der Waals surface area contributed by atoms with Crippen LogP contribution in [0.3, 0.4) is 0 Å². The van der Waals surface area contributed by atoms with Crippen molar-refractivity contribution in [2.24, 2.45) is 0 Å². The maximum Gasteiger partial charge on any atom is 0.415 e. The average Bonchev–Trinajstić information content (AvgIpc) is 2.96. The molecule has 4 rings (SSSR count). The topological polar surface area (TPSA) is 69.8 Å². The van der Waals surface area contributed by atoms with Crippen molar-refractivity contribution >= 4 is 11.5 Å². The van der Waals surface area contributed by atoms with Crippen LogP contribution in [-0.4, -0.2) is 74.8 Å². The zero-order chi connectivity index (χ0) is 18.3. The van der Waals surface area contributed by atoms with Crippen LogP contribution in [0.2, 0.25) is 0 Å². The number of alkyl halides is 3. The molecule has 2 fully saturated rings. The number of β-amino-alcohol motifs (C(OH)–C–C–N with tert-alkyl or cyclic N) is 1. The summed E-state index contributed by atoms with van der Waals surface area (Å²) < 4.78 is 39.3. The summed E-state index contributed by atoms with van der Waals surface area (Å²) in [6.07, 6.45) is -4.37. The normalized spacial score (nSPS) is 21.2. The molecule has 0 bridgehead atoms. The number of hydrogen-bond acceptors (Lipinski definition) is 6. The minimum absolute atomic E-state index is 0.100. The lowest BCUT2D eigenvalue weighted by Crippen LogP contribution is -2.44. The maximum atomic E-state index is 12.5. The van der Waals surface area contributed by atoms with E-state index in [9.17, 15) is 18.3 Å². The van der Waals surface area contributed by atoms with Crippen molar-refractivity contribution in [2.45, 2.75) is 37.5 Å². The molecule has 2 aliphatic heterocycles. The Morgan fingerprint density at radius 1 is 1.12 bits per heavy atom. The van der Waals surface area contributed by atoms with Gasteiger partial charge in [-0.2, -0.15) is 17.7 Å². The Labute approximate surface area is 148 Å². The van der Waals surface area contributed by atoms with Crippen LogP contribution >= 0.6 is 0 Å². The standard InChI is InChI=1S/C16H21F3N6O/c17-16(18,19)12(26)10-23-8-4-11(5-9-23)15-21-20-13-2-3-14(22-25(13)15)24-6-1-7-24/h2-3,11-12,26H,1,4-10H2. The first-order valence-electron chi connectivity index (χ1n) is 8.86. The summed E-state index contributed by atoms with van der Waals surface area (Å²) in [7, 11) is 0. The Morgan fingerprint density at radius 3 is 2.46 bits per heavy atom. The molecule has 2 aromatic rings. The lowest BCUT2D eigenvalue weighted by Gasteiger charge is -2.33. The summed E-state index contributed by atoms with van der Waals surface area (Å²) in [4.78, 5) is 3.83. The van der Waals surface area contributed by atoms with Gasteiger partial charge < -0.3 is 14.9 Å². The Hall–Kier alpha value is -1.94. The fraction of sp³-hybridized carbons (Fsp3) is 0.688. The molecule has 4 heterocycles. The van der Waals surface area contributed by atoms with Gasteiger partial charge in [0.1, 0.15) is 5.82 Å². The molecule has 1 N–H and O–H groups in total. The number of halogens is 3. The van der Waals surface area contributed by atoms with E-state index in [0.717, 1.165) is 31.2 Å². The van der Waals surface area contributed by atoms with Gasteiger partial charge in [0.2, 0.25) is 0 Å². The van der Waals surface area contributed by atoms with Crippen molar-refractivity contribution in [3.8, 4) is 0 Å². The molecular formula is C16H21F3N6O. The second kappa shape index (κ2) is 6.66. The van der Waals surface area contributed by atoms with Crippen molar-refractivity contribution in [2.75, 3.05) is 37.6 Å². The van der Waals surface area contributed by atoms with Gasteiger partial charge in [-0.05, 0) is 44.5 Å². The molecule has 26 heavy (non-hydrogen) atoms. The second-order valence-corrected chi connectivity index (χ2v) is 6.99. The van der Waals surface area contributed by atoms with Crippen molar-refractivity contribution in [1.29, 1.82) is 0 Å². The first-order chi connectivity index (χ1) is 12.4. The Kier molecular flexibility index (Phi) is 4.47. The van der Waals surface area contributed by atoms with Gasteiger partial charge >= 0.3 is 6.18 Å². The third kappa shape index (κ3) is 3.35. The quantitative estimate of drug-likeness (QED) is 0.878. The van der Waals surface area contributed by atoms with Crippen LogP contribution in [0.5, 0.6) is 0 Å². The van der Waals surface area contributed by atoms with Gasteiger partial charge in [0.05, 0.1) is 0 Å². The minimum Gasteiger partial charge on any atom is -0.382 e. The number of aliphatic hydroxyl groups excluding tert-OH is 1. The van der Waals surface area contributed by atoms with Crippen LogP contribution in [0.15, 0.2) is 12.1 Å². The number of piperidine rings is 1. The molecule has 1 unspecified atom stereocenters. The molecule has 0 radical (unpaired) electrons. The number of rotatable bonds is 4. The average molecular weight is 370 g/mol. The highest BCUT2D eigenvalue weighted by Gasteiger charge is 2.39.